The summed E-state index contributed by atoms with van der Waals surface area (Å²) < 4.78 is 31.1. The minimum Gasteiger partial charge on any atom is -0.468 e. The van der Waals surface area contributed by atoms with Crippen LogP contribution in [0, 0.1) is 0 Å². The number of carbonyl (C=O) groups is 2. The van der Waals surface area contributed by atoms with E-state index in [-0.39, 0.29) is 17.9 Å². The Morgan fingerprint density at radius 2 is 1.96 bits per heavy atom. The molecule has 2 heterocycles. The first-order chi connectivity index (χ1) is 13.2. The maximum absolute atomic E-state index is 12.4. The molecule has 0 bridgehead atoms. The van der Waals surface area contributed by atoms with Gasteiger partial charge in [0.2, 0.25) is 0 Å². The third-order valence-corrected chi connectivity index (χ3v) is 7.15. The van der Waals surface area contributed by atoms with Gasteiger partial charge in [-0.1, -0.05) is 22.9 Å². The fourth-order valence-electron chi connectivity index (χ4n) is 2.46. The summed E-state index contributed by atoms with van der Waals surface area (Å²) >= 11 is 8.31. The van der Waals surface area contributed by atoms with Crippen LogP contribution >= 0.6 is 34.3 Å². The lowest BCUT2D eigenvalue weighted by molar-refractivity contribution is -0.141. The molecule has 0 aliphatic carbocycles. The second kappa shape index (κ2) is 8.16. The molecule has 148 valence electrons. The molecule has 7 nitrogen and oxygen atoms in total. The molecule has 3 rings (SSSR count). The first kappa shape index (κ1) is 20.7. The summed E-state index contributed by atoms with van der Waals surface area (Å²) in [4.78, 5) is 29.5. The Morgan fingerprint density at radius 3 is 2.57 bits per heavy atom. The van der Waals surface area contributed by atoms with Gasteiger partial charge in [0.25, 0.3) is 5.91 Å². The smallest absolute Gasteiger partial charge is 0.325 e. The molecule has 0 fully saturated rings. The number of ether oxygens (including phenoxy) is 1. The first-order valence-electron chi connectivity index (χ1n) is 7.89. The zero-order chi connectivity index (χ0) is 20.5. The standard InChI is InChI=1S/C17H15ClN2O5S3/c1-25-16(22)9-20-12-5-4-11(28(2,23)24)8-13(12)27-17(20)19-15(21)7-10-3-6-14(18)26-10/h3-6,8H,7,9H2,1-2H3. The molecule has 0 saturated heterocycles. The number of esters is 1. The second-order valence-corrected chi connectivity index (χ2v) is 10.7. The number of sulfone groups is 1. The molecule has 0 N–H and O–H groups in total. The molecule has 0 unspecified atom stereocenters. The van der Waals surface area contributed by atoms with Crippen LogP contribution in [0.25, 0.3) is 10.2 Å². The average Bonchev–Trinajstić information content (AvgIpc) is 3.17. The topological polar surface area (TPSA) is 94.8 Å². The number of fused-ring (bicyclic) bond motifs is 1. The largest absolute Gasteiger partial charge is 0.468 e. The van der Waals surface area contributed by atoms with Gasteiger partial charge in [-0.05, 0) is 30.3 Å². The van der Waals surface area contributed by atoms with E-state index >= 15 is 0 Å². The maximum Gasteiger partial charge on any atom is 0.325 e. The van der Waals surface area contributed by atoms with Gasteiger partial charge >= 0.3 is 5.97 Å². The van der Waals surface area contributed by atoms with Crippen molar-refractivity contribution in [1.82, 2.24) is 4.57 Å². The molecule has 0 saturated carbocycles. The number of rotatable bonds is 5. The summed E-state index contributed by atoms with van der Waals surface area (Å²) in [5, 5.41) is 0. The fraction of sp³-hybridized carbons (Fsp3) is 0.235. The van der Waals surface area contributed by atoms with Crippen LogP contribution in [0.3, 0.4) is 0 Å². The van der Waals surface area contributed by atoms with Gasteiger partial charge in [0, 0.05) is 11.1 Å². The van der Waals surface area contributed by atoms with Crippen molar-refractivity contribution < 1.29 is 22.7 Å². The van der Waals surface area contributed by atoms with Crippen molar-refractivity contribution in [3.8, 4) is 0 Å². The highest BCUT2D eigenvalue weighted by molar-refractivity contribution is 7.90. The Bertz CT molecular complexity index is 1240. The van der Waals surface area contributed by atoms with Gasteiger partial charge in [-0.25, -0.2) is 8.42 Å². The molecule has 2 aromatic heterocycles. The Kier molecular flexibility index (Phi) is 6.04. The van der Waals surface area contributed by atoms with E-state index in [2.05, 4.69) is 4.99 Å². The highest BCUT2D eigenvalue weighted by Crippen LogP contribution is 2.23. The molecule has 0 spiro atoms. The predicted molar refractivity (Wildman–Crippen MR) is 109 cm³/mol. The Labute approximate surface area is 173 Å². The lowest BCUT2D eigenvalue weighted by Crippen LogP contribution is -2.22. The Morgan fingerprint density at radius 1 is 1.21 bits per heavy atom. The number of aromatic nitrogens is 1. The summed E-state index contributed by atoms with van der Waals surface area (Å²) in [6.07, 6.45) is 1.20. The number of halogens is 1. The molecule has 0 aliphatic rings. The summed E-state index contributed by atoms with van der Waals surface area (Å²) in [7, 11) is -2.12. The number of nitrogens with zero attached hydrogens (tertiary/aromatic N) is 2. The van der Waals surface area contributed by atoms with E-state index < -0.39 is 21.7 Å². The van der Waals surface area contributed by atoms with E-state index in [1.807, 2.05) is 0 Å². The molecule has 1 aromatic carbocycles. The molecule has 0 atom stereocenters. The van der Waals surface area contributed by atoms with Crippen LogP contribution in [-0.4, -0.2) is 38.2 Å². The second-order valence-electron chi connectivity index (χ2n) is 5.84. The van der Waals surface area contributed by atoms with Crippen molar-refractivity contribution in [1.29, 1.82) is 0 Å². The molecule has 11 heteroatoms. The summed E-state index contributed by atoms with van der Waals surface area (Å²) in [5.41, 5.74) is 0.591. The van der Waals surface area contributed by atoms with Crippen LogP contribution in [0.1, 0.15) is 4.88 Å². The van der Waals surface area contributed by atoms with Crippen molar-refractivity contribution in [3.63, 3.8) is 0 Å². The number of amides is 1. The number of methoxy groups -OCH3 is 1. The van der Waals surface area contributed by atoms with Crippen molar-refractivity contribution in [2.75, 3.05) is 13.4 Å². The number of hydrogen-bond acceptors (Lipinski definition) is 7. The fourth-order valence-corrected chi connectivity index (χ4v) is 5.34. The summed E-state index contributed by atoms with van der Waals surface area (Å²) in [6.45, 7) is -0.147. The zero-order valence-electron chi connectivity index (χ0n) is 14.8. The van der Waals surface area contributed by atoms with E-state index in [1.165, 1.54) is 35.1 Å². The molecule has 0 radical (unpaired) electrons. The summed E-state index contributed by atoms with van der Waals surface area (Å²) in [5.74, 6) is -0.905. The highest BCUT2D eigenvalue weighted by atomic mass is 35.5. The van der Waals surface area contributed by atoms with Crippen LogP contribution in [0.2, 0.25) is 4.34 Å². The molecular formula is C17H15ClN2O5S3. The normalized spacial score (nSPS) is 12.5. The van der Waals surface area contributed by atoms with E-state index in [4.69, 9.17) is 16.3 Å². The van der Waals surface area contributed by atoms with E-state index in [9.17, 15) is 18.0 Å². The lowest BCUT2D eigenvalue weighted by Gasteiger charge is -2.04. The monoisotopic (exact) mass is 458 g/mol. The highest BCUT2D eigenvalue weighted by Gasteiger charge is 2.15. The van der Waals surface area contributed by atoms with Crippen molar-refractivity contribution in [2.45, 2.75) is 17.9 Å². The van der Waals surface area contributed by atoms with E-state index in [0.717, 1.165) is 22.5 Å². The van der Waals surface area contributed by atoms with Crippen molar-refractivity contribution >= 4 is 66.2 Å². The van der Waals surface area contributed by atoms with Crippen LogP contribution in [0.15, 0.2) is 40.2 Å². The van der Waals surface area contributed by atoms with Crippen LogP contribution in [0.4, 0.5) is 0 Å². The number of benzene rings is 1. The van der Waals surface area contributed by atoms with Gasteiger partial charge in [0.15, 0.2) is 14.6 Å². The maximum atomic E-state index is 12.4. The molecular weight excluding hydrogens is 444 g/mol. The number of thiazole rings is 1. The van der Waals surface area contributed by atoms with Gasteiger partial charge in [-0.3, -0.25) is 9.59 Å². The lowest BCUT2D eigenvalue weighted by atomic mass is 10.3. The third kappa shape index (κ3) is 4.69. The number of carbonyl (C=O) groups excluding carboxylic acids is 2. The van der Waals surface area contributed by atoms with Crippen LogP contribution in [-0.2, 0) is 37.1 Å². The average molecular weight is 459 g/mol. The Hall–Kier alpha value is -2.01. The molecule has 28 heavy (non-hydrogen) atoms. The van der Waals surface area contributed by atoms with Crippen LogP contribution < -0.4 is 4.80 Å². The van der Waals surface area contributed by atoms with Gasteiger partial charge < -0.3 is 9.30 Å². The predicted octanol–water partition coefficient (Wildman–Crippen LogP) is 2.66. The van der Waals surface area contributed by atoms with Gasteiger partial charge in [-0.2, -0.15) is 4.99 Å². The Balaban J connectivity index is 2.09. The van der Waals surface area contributed by atoms with E-state index in [1.54, 1.807) is 18.2 Å². The van der Waals surface area contributed by atoms with E-state index in [0.29, 0.717) is 19.4 Å². The zero-order valence-corrected chi connectivity index (χ0v) is 18.0. The number of hydrogen-bond donors (Lipinski definition) is 0. The van der Waals surface area contributed by atoms with Gasteiger partial charge in [-0.15, -0.1) is 11.3 Å². The minimum atomic E-state index is -3.39. The minimum absolute atomic E-state index is 0.0818. The first-order valence-corrected chi connectivity index (χ1v) is 11.8. The van der Waals surface area contributed by atoms with Crippen LogP contribution in [0.5, 0.6) is 0 Å². The van der Waals surface area contributed by atoms with Gasteiger partial charge in [0.05, 0.1) is 33.0 Å². The number of thiophene rings is 1. The SMILES string of the molecule is COC(=O)Cn1c(=NC(=O)Cc2ccc(Cl)s2)sc2cc(S(C)(=O)=O)ccc21. The van der Waals surface area contributed by atoms with Gasteiger partial charge in [0.1, 0.15) is 6.54 Å². The summed E-state index contributed by atoms with van der Waals surface area (Å²) in [6, 6.07) is 8.02. The molecule has 1 amide bonds. The van der Waals surface area contributed by atoms with Crippen molar-refractivity contribution in [3.05, 3.63) is 44.3 Å². The van der Waals surface area contributed by atoms with Crippen molar-refractivity contribution in [2.24, 2.45) is 4.99 Å². The molecule has 3 aromatic rings. The molecule has 0 aliphatic heterocycles. The quantitative estimate of drug-likeness (QED) is 0.548. The third-order valence-electron chi connectivity index (χ3n) is 3.77.